The average Bonchev–Trinajstić information content (AvgIpc) is 3.04. The molecule has 1 saturated heterocycles. The van der Waals surface area contributed by atoms with Crippen LogP contribution in [0, 0.1) is 0 Å². The van der Waals surface area contributed by atoms with Crippen LogP contribution in [0.3, 0.4) is 0 Å². The van der Waals surface area contributed by atoms with Gasteiger partial charge in [0.25, 0.3) is 0 Å². The van der Waals surface area contributed by atoms with Crippen molar-refractivity contribution in [2.24, 2.45) is 0 Å². The highest BCUT2D eigenvalue weighted by atomic mass is 16.6. The number of ether oxygens (including phenoxy) is 1. The molecule has 0 spiro atoms. The molecule has 7 nitrogen and oxygen atoms in total. The van der Waals surface area contributed by atoms with Crippen molar-refractivity contribution in [1.29, 1.82) is 0 Å². The Morgan fingerprint density at radius 2 is 2.08 bits per heavy atom. The number of likely N-dealkylation sites (tertiary alicyclic amines) is 1. The van der Waals surface area contributed by atoms with Crippen molar-refractivity contribution in [3.63, 3.8) is 0 Å². The number of aromatic nitrogens is 2. The number of nitrogens with zero attached hydrogens (tertiary/aromatic N) is 4. The van der Waals surface area contributed by atoms with Crippen molar-refractivity contribution in [3.05, 3.63) is 11.7 Å². The molecule has 1 saturated carbocycles. The van der Waals surface area contributed by atoms with Gasteiger partial charge in [0.15, 0.2) is 5.82 Å². The predicted octanol–water partition coefficient (Wildman–Crippen LogP) is 2.95. The summed E-state index contributed by atoms with van der Waals surface area (Å²) >= 11 is 0. The Bertz CT molecular complexity index is 591. The van der Waals surface area contributed by atoms with Crippen LogP contribution in [0.4, 0.5) is 4.79 Å². The van der Waals surface area contributed by atoms with Gasteiger partial charge in [0, 0.05) is 32.1 Å². The fourth-order valence-corrected chi connectivity index (χ4v) is 3.00. The number of carbonyl (C=O) groups excluding carboxylic acids is 1. The van der Waals surface area contributed by atoms with Crippen LogP contribution in [0.2, 0.25) is 0 Å². The molecule has 1 aromatic heterocycles. The van der Waals surface area contributed by atoms with E-state index in [0.717, 1.165) is 25.3 Å². The van der Waals surface area contributed by atoms with Gasteiger partial charge in [-0.15, -0.1) is 0 Å². The number of hydrogen-bond acceptors (Lipinski definition) is 6. The molecule has 2 heterocycles. The fraction of sp³-hybridized carbons (Fsp3) is 0.824. The first-order chi connectivity index (χ1) is 11.2. The van der Waals surface area contributed by atoms with Crippen molar-refractivity contribution in [1.82, 2.24) is 19.9 Å². The summed E-state index contributed by atoms with van der Waals surface area (Å²) < 4.78 is 10.9. The second-order valence-corrected chi connectivity index (χ2v) is 7.97. The van der Waals surface area contributed by atoms with E-state index in [-0.39, 0.29) is 18.2 Å². The number of rotatable bonds is 4. The lowest BCUT2D eigenvalue weighted by Gasteiger charge is -2.29. The summed E-state index contributed by atoms with van der Waals surface area (Å²) in [6, 6.07) is 0.218. The van der Waals surface area contributed by atoms with E-state index in [1.807, 2.05) is 27.8 Å². The van der Waals surface area contributed by atoms with E-state index in [9.17, 15) is 4.79 Å². The van der Waals surface area contributed by atoms with E-state index in [0.29, 0.717) is 11.8 Å². The maximum absolute atomic E-state index is 12.2. The summed E-state index contributed by atoms with van der Waals surface area (Å²) in [5.41, 5.74) is -0.472. The number of amides is 1. The third-order valence-electron chi connectivity index (χ3n) is 4.73. The predicted molar refractivity (Wildman–Crippen MR) is 88.7 cm³/mol. The molecular weight excluding hydrogens is 308 g/mol. The zero-order valence-electron chi connectivity index (χ0n) is 15.3. The lowest BCUT2D eigenvalue weighted by atomic mass is 10.2. The van der Waals surface area contributed by atoms with Crippen molar-refractivity contribution >= 4 is 6.09 Å². The van der Waals surface area contributed by atoms with E-state index in [1.165, 1.54) is 12.8 Å². The quantitative estimate of drug-likeness (QED) is 0.842. The van der Waals surface area contributed by atoms with Crippen LogP contribution < -0.4 is 0 Å². The van der Waals surface area contributed by atoms with Gasteiger partial charge < -0.3 is 14.2 Å². The molecule has 24 heavy (non-hydrogen) atoms. The van der Waals surface area contributed by atoms with Crippen LogP contribution in [-0.4, -0.2) is 57.8 Å². The summed E-state index contributed by atoms with van der Waals surface area (Å²) in [6.07, 6.45) is 2.99. The van der Waals surface area contributed by atoms with Crippen LogP contribution in [0.25, 0.3) is 0 Å². The minimum atomic E-state index is -0.472. The monoisotopic (exact) mass is 336 g/mol. The Morgan fingerprint density at radius 1 is 1.38 bits per heavy atom. The fourth-order valence-electron chi connectivity index (χ4n) is 3.00. The van der Waals surface area contributed by atoms with Gasteiger partial charge in [0.05, 0.1) is 6.04 Å². The first-order valence-corrected chi connectivity index (χ1v) is 8.78. The number of carbonyl (C=O) groups is 1. The zero-order chi connectivity index (χ0) is 17.5. The SMILES string of the molecule is CC(c1nc(C2CC2)no1)N1CCC(N(C)C(=O)OC(C)(C)C)C1. The zero-order valence-corrected chi connectivity index (χ0v) is 15.3. The van der Waals surface area contributed by atoms with Gasteiger partial charge in [0.2, 0.25) is 5.89 Å². The molecule has 1 amide bonds. The molecule has 0 aromatic carbocycles. The van der Waals surface area contributed by atoms with E-state index < -0.39 is 5.60 Å². The lowest BCUT2D eigenvalue weighted by molar-refractivity contribution is 0.0224. The van der Waals surface area contributed by atoms with E-state index >= 15 is 0 Å². The molecule has 1 aromatic rings. The van der Waals surface area contributed by atoms with Gasteiger partial charge in [-0.05, 0) is 47.0 Å². The Labute approximate surface area is 143 Å². The Balaban J connectivity index is 1.56. The van der Waals surface area contributed by atoms with Crippen molar-refractivity contribution in [3.8, 4) is 0 Å². The molecule has 1 aliphatic heterocycles. The largest absolute Gasteiger partial charge is 0.444 e. The minimum absolute atomic E-state index is 0.0713. The minimum Gasteiger partial charge on any atom is -0.444 e. The summed E-state index contributed by atoms with van der Waals surface area (Å²) in [5, 5.41) is 4.10. The van der Waals surface area contributed by atoms with Crippen molar-refractivity contribution in [2.75, 3.05) is 20.1 Å². The first kappa shape index (κ1) is 17.2. The van der Waals surface area contributed by atoms with Gasteiger partial charge >= 0.3 is 6.09 Å². The summed E-state index contributed by atoms with van der Waals surface area (Å²) in [7, 11) is 1.81. The van der Waals surface area contributed by atoms with E-state index in [1.54, 1.807) is 4.90 Å². The van der Waals surface area contributed by atoms with Gasteiger partial charge in [-0.3, -0.25) is 4.90 Å². The number of likely N-dealkylation sites (N-methyl/N-ethyl adjacent to an activating group) is 1. The Kier molecular flexibility index (Phi) is 4.55. The number of hydrogen-bond donors (Lipinski definition) is 0. The highest BCUT2D eigenvalue weighted by Gasteiger charge is 2.35. The molecule has 0 radical (unpaired) electrons. The van der Waals surface area contributed by atoms with Gasteiger partial charge in [0.1, 0.15) is 5.60 Å². The van der Waals surface area contributed by atoms with Crippen LogP contribution in [0.15, 0.2) is 4.52 Å². The molecule has 1 aliphatic carbocycles. The third kappa shape index (κ3) is 3.88. The second-order valence-electron chi connectivity index (χ2n) is 7.97. The van der Waals surface area contributed by atoms with Crippen molar-refractivity contribution in [2.45, 2.75) is 70.6 Å². The highest BCUT2D eigenvalue weighted by Crippen LogP contribution is 2.38. The second kappa shape index (κ2) is 6.35. The van der Waals surface area contributed by atoms with Crippen LogP contribution in [-0.2, 0) is 4.74 Å². The lowest BCUT2D eigenvalue weighted by Crippen LogP contribution is -2.42. The van der Waals surface area contributed by atoms with E-state index in [4.69, 9.17) is 9.26 Å². The summed E-state index contributed by atoms with van der Waals surface area (Å²) in [5.74, 6) is 2.02. The maximum atomic E-state index is 12.2. The van der Waals surface area contributed by atoms with E-state index in [2.05, 4.69) is 22.0 Å². The molecule has 3 rings (SSSR count). The molecule has 0 bridgehead atoms. The molecule has 7 heteroatoms. The maximum Gasteiger partial charge on any atom is 0.410 e. The average molecular weight is 336 g/mol. The Hall–Kier alpha value is -1.63. The molecule has 2 atom stereocenters. The third-order valence-corrected chi connectivity index (χ3v) is 4.73. The van der Waals surface area contributed by atoms with Gasteiger partial charge in [-0.25, -0.2) is 4.79 Å². The first-order valence-electron chi connectivity index (χ1n) is 8.78. The standard InChI is InChI=1S/C17H28N4O3/c1-11(15-18-14(19-24-15)12-6-7-12)21-9-8-13(10-21)20(5)16(22)23-17(2,3)4/h11-13H,6-10H2,1-5H3. The smallest absolute Gasteiger partial charge is 0.410 e. The van der Waals surface area contributed by atoms with Gasteiger partial charge in [-0.1, -0.05) is 5.16 Å². The topological polar surface area (TPSA) is 71.7 Å². The summed E-state index contributed by atoms with van der Waals surface area (Å²) in [4.78, 5) is 20.8. The molecule has 2 fully saturated rings. The molecule has 0 N–H and O–H groups in total. The molecule has 2 aliphatic rings. The van der Waals surface area contributed by atoms with Crippen LogP contribution in [0.5, 0.6) is 0 Å². The van der Waals surface area contributed by atoms with Crippen molar-refractivity contribution < 1.29 is 14.1 Å². The normalized spacial score (nSPS) is 23.3. The van der Waals surface area contributed by atoms with Crippen LogP contribution in [0.1, 0.15) is 70.6 Å². The summed E-state index contributed by atoms with van der Waals surface area (Å²) in [6.45, 7) is 9.43. The molecule has 2 unspecified atom stereocenters. The Morgan fingerprint density at radius 3 is 2.71 bits per heavy atom. The van der Waals surface area contributed by atoms with Gasteiger partial charge in [-0.2, -0.15) is 4.98 Å². The highest BCUT2D eigenvalue weighted by molar-refractivity contribution is 5.68. The molecule has 134 valence electrons. The molecular formula is C17H28N4O3. The van der Waals surface area contributed by atoms with Crippen LogP contribution >= 0.6 is 0 Å².